The molecule has 0 amide bonds. The maximum atomic E-state index is 6.15. The van der Waals surface area contributed by atoms with Crippen molar-refractivity contribution in [3.63, 3.8) is 0 Å². The first kappa shape index (κ1) is 19.8. The van der Waals surface area contributed by atoms with E-state index in [9.17, 15) is 0 Å². The van der Waals surface area contributed by atoms with Crippen molar-refractivity contribution >= 4 is 34.5 Å². The zero-order valence-electron chi connectivity index (χ0n) is 16.1. The molecule has 1 aliphatic rings. The molecule has 0 N–H and O–H groups in total. The summed E-state index contributed by atoms with van der Waals surface area (Å²) >= 11 is 13.8. The lowest BCUT2D eigenvalue weighted by Crippen LogP contribution is -2.03. The number of nitrogens with zero attached hydrogens (tertiary/aromatic N) is 1. The van der Waals surface area contributed by atoms with E-state index in [2.05, 4.69) is 32.0 Å². The van der Waals surface area contributed by atoms with Gasteiger partial charge in [-0.05, 0) is 67.5 Å². The number of ether oxygens (including phenoxy) is 1. The maximum absolute atomic E-state index is 6.15. The van der Waals surface area contributed by atoms with Gasteiger partial charge in [-0.25, -0.2) is 4.98 Å². The summed E-state index contributed by atoms with van der Waals surface area (Å²) in [7, 11) is 0. The predicted molar refractivity (Wildman–Crippen MR) is 119 cm³/mol. The Morgan fingerprint density at radius 2 is 2.00 bits per heavy atom. The number of thiazole rings is 1. The van der Waals surface area contributed by atoms with E-state index in [1.54, 1.807) is 11.3 Å². The van der Waals surface area contributed by atoms with E-state index in [1.807, 2.05) is 18.2 Å². The van der Waals surface area contributed by atoms with Crippen LogP contribution in [0.15, 0.2) is 36.4 Å². The molecule has 1 aliphatic carbocycles. The van der Waals surface area contributed by atoms with Crippen LogP contribution in [0.3, 0.4) is 0 Å². The molecule has 0 spiro atoms. The Hall–Kier alpha value is -1.55. The van der Waals surface area contributed by atoms with Crippen LogP contribution in [-0.2, 0) is 12.8 Å². The summed E-state index contributed by atoms with van der Waals surface area (Å²) in [6.45, 7) is 5.00. The smallest absolute Gasteiger partial charge is 0.123 e. The van der Waals surface area contributed by atoms with Gasteiger partial charge in [-0.1, -0.05) is 42.3 Å². The second-order valence-electron chi connectivity index (χ2n) is 7.25. The van der Waals surface area contributed by atoms with Gasteiger partial charge in [-0.2, -0.15) is 0 Å². The standard InChI is InChI=1S/C23H23Cl2NOS/c1-3-15-4-5-16-12-18(7-8-19(15)16)27-11-10-22-14(2)28-23(26-22)17-6-9-20(24)21(25)13-17/h6-9,12-13,15H,3-5,10-11H2,1-2H3. The zero-order valence-corrected chi connectivity index (χ0v) is 18.4. The molecule has 1 aromatic heterocycles. The van der Waals surface area contributed by atoms with E-state index in [0.29, 0.717) is 16.7 Å². The SMILES string of the molecule is CCC1CCc2cc(OCCc3nc(-c4ccc(Cl)c(Cl)c4)sc3C)ccc21. The second kappa shape index (κ2) is 8.44. The van der Waals surface area contributed by atoms with E-state index in [-0.39, 0.29) is 0 Å². The minimum absolute atomic E-state index is 0.554. The molecule has 0 saturated carbocycles. The van der Waals surface area contributed by atoms with Gasteiger partial charge in [0.25, 0.3) is 0 Å². The third kappa shape index (κ3) is 4.07. The van der Waals surface area contributed by atoms with Crippen LogP contribution in [-0.4, -0.2) is 11.6 Å². The van der Waals surface area contributed by atoms with Crippen molar-refractivity contribution in [2.45, 2.75) is 45.4 Å². The van der Waals surface area contributed by atoms with E-state index in [1.165, 1.54) is 35.3 Å². The molecule has 0 bridgehead atoms. The molecule has 1 unspecified atom stereocenters. The van der Waals surface area contributed by atoms with E-state index < -0.39 is 0 Å². The molecular formula is C23H23Cl2NOS. The number of halogens is 2. The summed E-state index contributed by atoms with van der Waals surface area (Å²) < 4.78 is 6.03. The number of fused-ring (bicyclic) bond motifs is 1. The van der Waals surface area contributed by atoms with Crippen molar-refractivity contribution in [1.29, 1.82) is 0 Å². The van der Waals surface area contributed by atoms with Gasteiger partial charge in [-0.15, -0.1) is 11.3 Å². The molecule has 0 aliphatic heterocycles. The van der Waals surface area contributed by atoms with Crippen LogP contribution >= 0.6 is 34.5 Å². The number of rotatable bonds is 6. The molecule has 0 fully saturated rings. The Balaban J connectivity index is 1.41. The van der Waals surface area contributed by atoms with Crippen molar-refractivity contribution < 1.29 is 4.74 Å². The average molecular weight is 432 g/mol. The summed E-state index contributed by atoms with van der Waals surface area (Å²) in [6, 6.07) is 12.2. The summed E-state index contributed by atoms with van der Waals surface area (Å²) in [5.41, 5.74) is 5.05. The van der Waals surface area contributed by atoms with Gasteiger partial charge in [0.2, 0.25) is 0 Å². The van der Waals surface area contributed by atoms with Gasteiger partial charge in [-0.3, -0.25) is 0 Å². The van der Waals surface area contributed by atoms with Gasteiger partial charge in [0.1, 0.15) is 10.8 Å². The minimum Gasteiger partial charge on any atom is -0.493 e. The maximum Gasteiger partial charge on any atom is 0.123 e. The highest BCUT2D eigenvalue weighted by molar-refractivity contribution is 7.15. The van der Waals surface area contributed by atoms with Gasteiger partial charge >= 0.3 is 0 Å². The van der Waals surface area contributed by atoms with Crippen LogP contribution in [0.1, 0.15) is 47.4 Å². The fourth-order valence-corrected chi connectivity index (χ4v) is 5.13. The van der Waals surface area contributed by atoms with E-state index >= 15 is 0 Å². The molecule has 3 aromatic rings. The molecule has 0 radical (unpaired) electrons. The zero-order chi connectivity index (χ0) is 19.7. The monoisotopic (exact) mass is 431 g/mol. The summed E-state index contributed by atoms with van der Waals surface area (Å²) in [6.07, 6.45) is 4.45. The summed E-state index contributed by atoms with van der Waals surface area (Å²) in [4.78, 5) is 6.01. The van der Waals surface area contributed by atoms with E-state index in [4.69, 9.17) is 32.9 Å². The highest BCUT2D eigenvalue weighted by Gasteiger charge is 2.21. The lowest BCUT2D eigenvalue weighted by Gasteiger charge is -2.10. The number of hydrogen-bond acceptors (Lipinski definition) is 3. The van der Waals surface area contributed by atoms with E-state index in [0.717, 1.165) is 34.4 Å². The highest BCUT2D eigenvalue weighted by Crippen LogP contribution is 2.37. The van der Waals surface area contributed by atoms with Gasteiger partial charge in [0.15, 0.2) is 0 Å². The van der Waals surface area contributed by atoms with Crippen molar-refractivity contribution in [3.05, 3.63) is 68.1 Å². The van der Waals surface area contributed by atoms with Crippen LogP contribution < -0.4 is 4.74 Å². The first-order chi connectivity index (χ1) is 13.5. The number of aromatic nitrogens is 1. The molecule has 1 atom stereocenters. The molecule has 4 rings (SSSR count). The number of hydrogen-bond donors (Lipinski definition) is 0. The lowest BCUT2D eigenvalue weighted by atomic mass is 9.99. The second-order valence-corrected chi connectivity index (χ2v) is 9.27. The van der Waals surface area contributed by atoms with Gasteiger partial charge in [0.05, 0.1) is 22.3 Å². The molecule has 2 aromatic carbocycles. The predicted octanol–water partition coefficient (Wildman–Crippen LogP) is 7.49. The van der Waals surface area contributed by atoms with Crippen LogP contribution in [0.4, 0.5) is 0 Å². The normalized spacial score (nSPS) is 15.6. The Kier molecular flexibility index (Phi) is 5.96. The lowest BCUT2D eigenvalue weighted by molar-refractivity contribution is 0.320. The average Bonchev–Trinajstić information content (AvgIpc) is 3.27. The fourth-order valence-electron chi connectivity index (χ4n) is 3.87. The summed E-state index contributed by atoms with van der Waals surface area (Å²) in [5.74, 6) is 1.69. The number of benzene rings is 2. The first-order valence-electron chi connectivity index (χ1n) is 9.72. The quantitative estimate of drug-likeness (QED) is 0.403. The molecule has 5 heteroatoms. The van der Waals surface area contributed by atoms with Crippen LogP contribution in [0.2, 0.25) is 10.0 Å². The molecule has 146 valence electrons. The van der Waals surface area contributed by atoms with Crippen LogP contribution in [0, 0.1) is 6.92 Å². The minimum atomic E-state index is 0.554. The van der Waals surface area contributed by atoms with Crippen LogP contribution in [0.25, 0.3) is 10.6 Å². The Bertz CT molecular complexity index is 998. The van der Waals surface area contributed by atoms with Crippen molar-refractivity contribution in [1.82, 2.24) is 4.98 Å². The Morgan fingerprint density at radius 3 is 2.79 bits per heavy atom. The van der Waals surface area contributed by atoms with Gasteiger partial charge < -0.3 is 4.74 Å². The molecule has 0 saturated heterocycles. The van der Waals surface area contributed by atoms with Crippen molar-refractivity contribution in [2.24, 2.45) is 0 Å². The molecule has 2 nitrogen and oxygen atoms in total. The van der Waals surface area contributed by atoms with Gasteiger partial charge in [0, 0.05) is 16.9 Å². The molecule has 1 heterocycles. The Labute approximate surface area is 180 Å². The fraction of sp³-hybridized carbons (Fsp3) is 0.348. The van der Waals surface area contributed by atoms with Crippen molar-refractivity contribution in [2.75, 3.05) is 6.61 Å². The Morgan fingerprint density at radius 1 is 1.14 bits per heavy atom. The first-order valence-corrected chi connectivity index (χ1v) is 11.3. The highest BCUT2D eigenvalue weighted by atomic mass is 35.5. The molecular weight excluding hydrogens is 409 g/mol. The van der Waals surface area contributed by atoms with Crippen molar-refractivity contribution in [3.8, 4) is 16.3 Å². The number of aryl methyl sites for hydroxylation is 2. The third-order valence-electron chi connectivity index (χ3n) is 5.48. The third-order valence-corrected chi connectivity index (χ3v) is 7.28. The largest absolute Gasteiger partial charge is 0.493 e. The topological polar surface area (TPSA) is 22.1 Å². The van der Waals surface area contributed by atoms with Crippen LogP contribution in [0.5, 0.6) is 5.75 Å². The summed E-state index contributed by atoms with van der Waals surface area (Å²) in [5, 5.41) is 2.08. The molecule has 28 heavy (non-hydrogen) atoms.